The molecule has 0 amide bonds. The first kappa shape index (κ1) is 17.0. The van der Waals surface area contributed by atoms with E-state index in [-0.39, 0.29) is 23.5 Å². The van der Waals surface area contributed by atoms with Gasteiger partial charge in [-0.2, -0.15) is 4.98 Å². The molecule has 3 atom stereocenters. The zero-order chi connectivity index (χ0) is 17.1. The normalized spacial score (nSPS) is 26.3. The van der Waals surface area contributed by atoms with Gasteiger partial charge in [0.1, 0.15) is 11.9 Å². The highest BCUT2D eigenvalue weighted by atomic mass is 19.1. The summed E-state index contributed by atoms with van der Waals surface area (Å²) in [6, 6.07) is 0. The number of hydrogen-bond donors (Lipinski definition) is 2. The van der Waals surface area contributed by atoms with Gasteiger partial charge in [-0.15, -0.1) is 0 Å². The van der Waals surface area contributed by atoms with E-state index in [9.17, 15) is 18.4 Å². The lowest BCUT2D eigenvalue weighted by atomic mass is 10.1. The van der Waals surface area contributed by atoms with Gasteiger partial charge < -0.3 is 15.6 Å². The summed E-state index contributed by atoms with van der Waals surface area (Å²) in [7, 11) is 0. The van der Waals surface area contributed by atoms with Gasteiger partial charge in [-0.25, -0.2) is 13.6 Å². The highest BCUT2D eigenvalue weighted by Crippen LogP contribution is 2.35. The minimum Gasteiger partial charge on any atom is -0.394 e. The lowest BCUT2D eigenvalue weighted by Gasteiger charge is -2.15. The van der Waals surface area contributed by atoms with Gasteiger partial charge >= 0.3 is 5.69 Å². The largest absolute Gasteiger partial charge is 0.394 e. The number of carbonyl (C=O) groups excluding carboxylic acids is 1. The van der Waals surface area contributed by atoms with E-state index in [1.165, 1.54) is 25.3 Å². The molecule has 1 aromatic rings. The van der Waals surface area contributed by atoms with Crippen LogP contribution in [0.4, 0.5) is 14.6 Å². The lowest BCUT2D eigenvalue weighted by molar-refractivity contribution is -0.112. The Kier molecular flexibility index (Phi) is 5.02. The second-order valence-corrected chi connectivity index (χ2v) is 4.94. The van der Waals surface area contributed by atoms with Gasteiger partial charge in [0.2, 0.25) is 0 Å². The molecule has 9 heteroatoms. The number of anilines is 1. The Hall–Kier alpha value is -2.39. The SMILES string of the molecule is CC(=O)C=Cc1cn(C2OC(CO)C(F)C2=CF)c(=O)nc1N. The highest BCUT2D eigenvalue weighted by Gasteiger charge is 2.41. The summed E-state index contributed by atoms with van der Waals surface area (Å²) in [5.41, 5.74) is 4.48. The number of allylic oxidation sites excluding steroid dienone is 1. The molecule has 3 N–H and O–H groups in total. The van der Waals surface area contributed by atoms with Crippen LogP contribution < -0.4 is 11.4 Å². The van der Waals surface area contributed by atoms with E-state index in [0.29, 0.717) is 0 Å². The average molecular weight is 327 g/mol. The number of hydrogen-bond acceptors (Lipinski definition) is 6. The molecule has 0 saturated carbocycles. The van der Waals surface area contributed by atoms with E-state index in [1.54, 1.807) is 0 Å². The number of nitrogens with zero attached hydrogens (tertiary/aromatic N) is 2. The first-order valence-corrected chi connectivity index (χ1v) is 6.67. The van der Waals surface area contributed by atoms with Crippen molar-refractivity contribution >= 4 is 17.7 Å². The molecule has 1 fully saturated rings. The zero-order valence-corrected chi connectivity index (χ0v) is 12.1. The van der Waals surface area contributed by atoms with Gasteiger partial charge in [0.25, 0.3) is 0 Å². The number of carbonyl (C=O) groups is 1. The van der Waals surface area contributed by atoms with Crippen molar-refractivity contribution in [2.45, 2.75) is 25.4 Å². The number of aromatic nitrogens is 2. The van der Waals surface area contributed by atoms with Crippen molar-refractivity contribution in [3.05, 3.63) is 40.2 Å². The number of ether oxygens (including phenoxy) is 1. The van der Waals surface area contributed by atoms with Crippen LogP contribution in [0, 0.1) is 0 Å². The van der Waals surface area contributed by atoms with Crippen molar-refractivity contribution in [2.24, 2.45) is 0 Å². The molecule has 0 bridgehead atoms. The van der Waals surface area contributed by atoms with Crippen LogP contribution >= 0.6 is 0 Å². The predicted molar refractivity (Wildman–Crippen MR) is 77.7 cm³/mol. The van der Waals surface area contributed by atoms with E-state index >= 15 is 0 Å². The van der Waals surface area contributed by atoms with Crippen molar-refractivity contribution in [1.82, 2.24) is 9.55 Å². The smallest absolute Gasteiger partial charge is 0.351 e. The molecule has 2 rings (SSSR count). The Morgan fingerprint density at radius 3 is 2.87 bits per heavy atom. The van der Waals surface area contributed by atoms with Crippen LogP contribution in [-0.4, -0.2) is 39.3 Å². The Labute approximate surface area is 129 Å². The molecule has 0 aliphatic carbocycles. The fourth-order valence-corrected chi connectivity index (χ4v) is 2.14. The summed E-state index contributed by atoms with van der Waals surface area (Å²) in [4.78, 5) is 26.5. The number of aliphatic hydroxyl groups excluding tert-OH is 1. The molecular weight excluding hydrogens is 312 g/mol. The predicted octanol–water partition coefficient (Wildman–Crippen LogP) is 0.509. The summed E-state index contributed by atoms with van der Waals surface area (Å²) < 4.78 is 32.9. The number of nitrogens with two attached hydrogens (primary N) is 1. The van der Waals surface area contributed by atoms with Gasteiger partial charge in [0.05, 0.1) is 12.9 Å². The fourth-order valence-electron chi connectivity index (χ4n) is 2.14. The molecule has 0 radical (unpaired) electrons. The maximum absolute atomic E-state index is 13.9. The van der Waals surface area contributed by atoms with E-state index in [1.807, 2.05) is 0 Å². The van der Waals surface area contributed by atoms with E-state index in [4.69, 9.17) is 15.6 Å². The minimum absolute atomic E-state index is 0.00112. The molecule has 1 saturated heterocycles. The summed E-state index contributed by atoms with van der Waals surface area (Å²) >= 11 is 0. The summed E-state index contributed by atoms with van der Waals surface area (Å²) in [5, 5.41) is 9.04. The molecular formula is C14H15F2N3O4. The summed E-state index contributed by atoms with van der Waals surface area (Å²) in [5.74, 6) is -0.393. The molecule has 23 heavy (non-hydrogen) atoms. The maximum atomic E-state index is 13.9. The van der Waals surface area contributed by atoms with Gasteiger partial charge in [0, 0.05) is 17.3 Å². The Bertz CT molecular complexity index is 729. The molecule has 1 aliphatic rings. The van der Waals surface area contributed by atoms with Crippen molar-refractivity contribution in [3.63, 3.8) is 0 Å². The van der Waals surface area contributed by atoms with E-state index in [0.717, 1.165) is 4.57 Å². The molecule has 1 aliphatic heterocycles. The van der Waals surface area contributed by atoms with Gasteiger partial charge in [-0.05, 0) is 19.1 Å². The molecule has 3 unspecified atom stereocenters. The number of alkyl halides is 1. The van der Waals surface area contributed by atoms with Crippen LogP contribution in [-0.2, 0) is 9.53 Å². The second-order valence-electron chi connectivity index (χ2n) is 4.94. The Morgan fingerprint density at radius 1 is 1.61 bits per heavy atom. The number of aliphatic hydroxyl groups is 1. The van der Waals surface area contributed by atoms with Crippen LogP contribution in [0.25, 0.3) is 6.08 Å². The zero-order valence-electron chi connectivity index (χ0n) is 12.1. The quantitative estimate of drug-likeness (QED) is 0.780. The number of halogens is 2. The van der Waals surface area contributed by atoms with Crippen molar-refractivity contribution in [3.8, 4) is 0 Å². The van der Waals surface area contributed by atoms with Crippen LogP contribution in [0.3, 0.4) is 0 Å². The maximum Gasteiger partial charge on any atom is 0.351 e. The number of nitrogen functional groups attached to an aromatic ring is 1. The lowest BCUT2D eigenvalue weighted by Crippen LogP contribution is -2.29. The van der Waals surface area contributed by atoms with Crippen molar-refractivity contribution < 1.29 is 23.4 Å². The average Bonchev–Trinajstić information content (AvgIpc) is 2.82. The van der Waals surface area contributed by atoms with Gasteiger partial charge in [-0.3, -0.25) is 9.36 Å². The van der Waals surface area contributed by atoms with E-state index in [2.05, 4.69) is 4.98 Å². The van der Waals surface area contributed by atoms with Gasteiger partial charge in [0.15, 0.2) is 18.2 Å². The third-order valence-corrected chi connectivity index (χ3v) is 3.30. The molecule has 2 heterocycles. The number of rotatable bonds is 4. The van der Waals surface area contributed by atoms with Crippen LogP contribution in [0.5, 0.6) is 0 Å². The summed E-state index contributed by atoms with van der Waals surface area (Å²) in [6.45, 7) is 0.642. The highest BCUT2D eigenvalue weighted by molar-refractivity contribution is 5.92. The second kappa shape index (κ2) is 6.80. The molecule has 0 aromatic carbocycles. The molecule has 1 aromatic heterocycles. The molecule has 124 valence electrons. The third-order valence-electron chi connectivity index (χ3n) is 3.30. The first-order chi connectivity index (χ1) is 10.9. The van der Waals surface area contributed by atoms with Crippen LogP contribution in [0.15, 0.2) is 29.0 Å². The summed E-state index contributed by atoms with van der Waals surface area (Å²) in [6.07, 6.45) is -0.859. The number of ketones is 1. The van der Waals surface area contributed by atoms with Crippen LogP contribution in [0.1, 0.15) is 18.7 Å². The topological polar surface area (TPSA) is 107 Å². The monoisotopic (exact) mass is 327 g/mol. The standard InChI is InChI=1S/C14H15F2N3O4/c1-7(21)2-3-8-5-19(14(22)18-12(8)17)13-9(4-15)11(16)10(6-20)23-13/h2-5,10-11,13,20H,6H2,1H3,(H2,17,18,22). The van der Waals surface area contributed by atoms with E-state index < -0.39 is 36.4 Å². The third kappa shape index (κ3) is 3.35. The minimum atomic E-state index is -1.89. The molecule has 0 spiro atoms. The van der Waals surface area contributed by atoms with Gasteiger partial charge in [-0.1, -0.05) is 0 Å². The Balaban J connectivity index is 2.49. The van der Waals surface area contributed by atoms with Crippen LogP contribution in [0.2, 0.25) is 0 Å². The first-order valence-electron chi connectivity index (χ1n) is 6.67. The Morgan fingerprint density at radius 2 is 2.30 bits per heavy atom. The molecule has 7 nitrogen and oxygen atoms in total. The van der Waals surface area contributed by atoms with Crippen molar-refractivity contribution in [1.29, 1.82) is 0 Å². The fraction of sp³-hybridized carbons (Fsp3) is 0.357. The van der Waals surface area contributed by atoms with Crippen molar-refractivity contribution in [2.75, 3.05) is 12.3 Å².